The Balaban J connectivity index is 3.80. The molecule has 74 valence electrons. The summed E-state index contributed by atoms with van der Waals surface area (Å²) in [7, 11) is 0. The smallest absolute Gasteiger partial charge is 0.00966 e. The maximum absolute atomic E-state index is 3.53. The second-order valence-corrected chi connectivity index (χ2v) is 5.90. The molecule has 1 unspecified atom stereocenters. The van der Waals surface area contributed by atoms with Crippen molar-refractivity contribution in [2.24, 2.45) is 11.3 Å². The minimum Gasteiger partial charge on any atom is -0.312 e. The molecule has 0 radical (unpaired) electrons. The van der Waals surface area contributed by atoms with E-state index in [1.165, 1.54) is 0 Å². The molecule has 0 saturated carbocycles. The molecular formula is C11H25N. The van der Waals surface area contributed by atoms with Crippen molar-refractivity contribution in [1.29, 1.82) is 0 Å². The van der Waals surface area contributed by atoms with Gasteiger partial charge in [-0.05, 0) is 38.6 Å². The summed E-state index contributed by atoms with van der Waals surface area (Å²) in [6.07, 6.45) is 0. The Labute approximate surface area is 77.9 Å². The highest BCUT2D eigenvalue weighted by molar-refractivity contribution is 4.77. The number of hydrogen-bond acceptors (Lipinski definition) is 1. The van der Waals surface area contributed by atoms with Gasteiger partial charge in [-0.15, -0.1) is 0 Å². The molecule has 12 heavy (non-hydrogen) atoms. The van der Waals surface area contributed by atoms with Crippen molar-refractivity contribution in [2.45, 2.75) is 54.0 Å². The summed E-state index contributed by atoms with van der Waals surface area (Å²) < 4.78 is 0. The number of rotatable bonds is 2. The molecule has 0 bridgehead atoms. The van der Waals surface area contributed by atoms with Crippen molar-refractivity contribution in [3.05, 3.63) is 0 Å². The summed E-state index contributed by atoms with van der Waals surface area (Å²) in [5.41, 5.74) is 0.664. The lowest BCUT2D eigenvalue weighted by molar-refractivity contribution is 0.234. The second kappa shape index (κ2) is 3.78. The van der Waals surface area contributed by atoms with Gasteiger partial charge in [0.1, 0.15) is 0 Å². The summed E-state index contributed by atoms with van der Waals surface area (Å²) in [5, 5.41) is 3.53. The molecule has 0 amide bonds. The summed E-state index contributed by atoms with van der Waals surface area (Å²) in [4.78, 5) is 0. The van der Waals surface area contributed by atoms with Gasteiger partial charge in [-0.25, -0.2) is 0 Å². The molecule has 0 aromatic carbocycles. The Morgan fingerprint density at radius 1 is 1.00 bits per heavy atom. The topological polar surface area (TPSA) is 12.0 Å². The van der Waals surface area contributed by atoms with E-state index < -0.39 is 0 Å². The Bertz CT molecular complexity index is 125. The highest BCUT2D eigenvalue weighted by Gasteiger charge is 2.21. The molecule has 0 aliphatic heterocycles. The SMILES string of the molecule is CC(CNC(C)(C)C)C(C)(C)C. The number of hydrogen-bond donors (Lipinski definition) is 1. The van der Waals surface area contributed by atoms with Crippen LogP contribution in [0.25, 0.3) is 0 Å². The van der Waals surface area contributed by atoms with Crippen molar-refractivity contribution >= 4 is 0 Å². The van der Waals surface area contributed by atoms with Gasteiger partial charge in [0.2, 0.25) is 0 Å². The Kier molecular flexibility index (Phi) is 3.77. The molecule has 0 heterocycles. The van der Waals surface area contributed by atoms with E-state index in [1.807, 2.05) is 0 Å². The van der Waals surface area contributed by atoms with Gasteiger partial charge >= 0.3 is 0 Å². The molecule has 0 aliphatic carbocycles. The van der Waals surface area contributed by atoms with E-state index in [1.54, 1.807) is 0 Å². The van der Waals surface area contributed by atoms with E-state index in [0.29, 0.717) is 5.41 Å². The summed E-state index contributed by atoms with van der Waals surface area (Å²) >= 11 is 0. The van der Waals surface area contributed by atoms with E-state index in [4.69, 9.17) is 0 Å². The zero-order valence-electron chi connectivity index (χ0n) is 9.78. The average molecular weight is 171 g/mol. The van der Waals surface area contributed by atoms with Crippen LogP contribution >= 0.6 is 0 Å². The maximum Gasteiger partial charge on any atom is 0.00966 e. The predicted octanol–water partition coefficient (Wildman–Crippen LogP) is 3.06. The molecule has 0 fully saturated rings. The second-order valence-electron chi connectivity index (χ2n) is 5.90. The fraction of sp³-hybridized carbons (Fsp3) is 1.00. The van der Waals surface area contributed by atoms with Gasteiger partial charge < -0.3 is 5.32 Å². The summed E-state index contributed by atoms with van der Waals surface area (Å²) in [5.74, 6) is 0.719. The van der Waals surface area contributed by atoms with Gasteiger partial charge in [-0.2, -0.15) is 0 Å². The van der Waals surface area contributed by atoms with Crippen LogP contribution in [0.3, 0.4) is 0 Å². The minimum absolute atomic E-state index is 0.250. The van der Waals surface area contributed by atoms with Crippen LogP contribution in [0.2, 0.25) is 0 Å². The van der Waals surface area contributed by atoms with Crippen LogP contribution in [0.5, 0.6) is 0 Å². The van der Waals surface area contributed by atoms with Crippen molar-refractivity contribution in [2.75, 3.05) is 6.54 Å². The third kappa shape index (κ3) is 5.59. The van der Waals surface area contributed by atoms with Crippen LogP contribution in [0.1, 0.15) is 48.5 Å². The van der Waals surface area contributed by atoms with Crippen LogP contribution in [0.15, 0.2) is 0 Å². The van der Waals surface area contributed by atoms with Crippen LogP contribution in [0, 0.1) is 11.3 Å². The van der Waals surface area contributed by atoms with Crippen LogP contribution < -0.4 is 5.32 Å². The third-order valence-corrected chi connectivity index (χ3v) is 2.42. The third-order valence-electron chi connectivity index (χ3n) is 2.42. The Hall–Kier alpha value is -0.0400. The first-order valence-electron chi connectivity index (χ1n) is 4.88. The monoisotopic (exact) mass is 171 g/mol. The lowest BCUT2D eigenvalue weighted by Gasteiger charge is -2.31. The van der Waals surface area contributed by atoms with Gasteiger partial charge in [-0.1, -0.05) is 27.7 Å². The van der Waals surface area contributed by atoms with Gasteiger partial charge in [0.15, 0.2) is 0 Å². The normalized spacial score (nSPS) is 16.2. The van der Waals surface area contributed by atoms with E-state index >= 15 is 0 Å². The zero-order valence-corrected chi connectivity index (χ0v) is 9.78. The highest BCUT2D eigenvalue weighted by Crippen LogP contribution is 2.24. The molecule has 0 rings (SSSR count). The van der Waals surface area contributed by atoms with Gasteiger partial charge in [0.05, 0.1) is 0 Å². The quantitative estimate of drug-likeness (QED) is 0.673. The molecule has 1 heteroatoms. The van der Waals surface area contributed by atoms with Gasteiger partial charge in [0.25, 0.3) is 0 Å². The molecule has 0 saturated heterocycles. The highest BCUT2D eigenvalue weighted by atomic mass is 14.9. The van der Waals surface area contributed by atoms with Crippen LogP contribution in [0.4, 0.5) is 0 Å². The fourth-order valence-electron chi connectivity index (χ4n) is 0.765. The van der Waals surface area contributed by atoms with Gasteiger partial charge in [-0.3, -0.25) is 0 Å². The lowest BCUT2D eigenvalue weighted by Crippen LogP contribution is -2.41. The zero-order chi connectivity index (χ0) is 9.99. The first-order chi connectivity index (χ1) is 5.13. The summed E-state index contributed by atoms with van der Waals surface area (Å²) in [6.45, 7) is 16.9. The molecule has 0 aromatic heterocycles. The van der Waals surface area contributed by atoms with E-state index in [0.717, 1.165) is 12.5 Å². The first-order valence-corrected chi connectivity index (χ1v) is 4.88. The molecule has 1 N–H and O–H groups in total. The Morgan fingerprint density at radius 2 is 1.42 bits per heavy atom. The van der Waals surface area contributed by atoms with Crippen LogP contribution in [-0.4, -0.2) is 12.1 Å². The molecule has 0 aromatic rings. The van der Waals surface area contributed by atoms with Gasteiger partial charge in [0, 0.05) is 5.54 Å². The standard InChI is InChI=1S/C11H25N/c1-9(10(2,3)4)8-12-11(5,6)7/h9,12H,8H2,1-7H3. The van der Waals surface area contributed by atoms with E-state index in [9.17, 15) is 0 Å². The average Bonchev–Trinajstić information content (AvgIpc) is 1.78. The molecule has 0 spiro atoms. The van der Waals surface area contributed by atoms with Crippen LogP contribution in [-0.2, 0) is 0 Å². The summed E-state index contributed by atoms with van der Waals surface area (Å²) in [6, 6.07) is 0. The van der Waals surface area contributed by atoms with Crippen molar-refractivity contribution in [3.63, 3.8) is 0 Å². The largest absolute Gasteiger partial charge is 0.312 e. The predicted molar refractivity (Wildman–Crippen MR) is 56.4 cm³/mol. The first kappa shape index (κ1) is 12.0. The van der Waals surface area contributed by atoms with Crippen molar-refractivity contribution < 1.29 is 0 Å². The number of nitrogens with one attached hydrogen (secondary N) is 1. The molecule has 1 atom stereocenters. The van der Waals surface area contributed by atoms with E-state index in [2.05, 4.69) is 53.8 Å². The van der Waals surface area contributed by atoms with Crippen molar-refractivity contribution in [1.82, 2.24) is 5.32 Å². The van der Waals surface area contributed by atoms with E-state index in [-0.39, 0.29) is 5.54 Å². The molecular weight excluding hydrogens is 146 g/mol. The lowest BCUT2D eigenvalue weighted by atomic mass is 9.82. The Morgan fingerprint density at radius 3 is 1.67 bits per heavy atom. The molecule has 1 nitrogen and oxygen atoms in total. The minimum atomic E-state index is 0.250. The molecule has 0 aliphatic rings. The van der Waals surface area contributed by atoms with Crippen molar-refractivity contribution in [3.8, 4) is 0 Å². The maximum atomic E-state index is 3.53. The fourth-order valence-corrected chi connectivity index (χ4v) is 0.765.